The first kappa shape index (κ1) is 14.4. The van der Waals surface area contributed by atoms with Gasteiger partial charge in [0.05, 0.1) is 13.0 Å². The summed E-state index contributed by atoms with van der Waals surface area (Å²) in [5.74, 6) is 0.806. The Kier molecular flexibility index (Phi) is 6.40. The first-order valence-electron chi connectivity index (χ1n) is 6.22. The van der Waals surface area contributed by atoms with Gasteiger partial charge in [-0.05, 0) is 13.3 Å². The van der Waals surface area contributed by atoms with Gasteiger partial charge in [-0.2, -0.15) is 11.8 Å². The molecule has 1 amide bonds. The van der Waals surface area contributed by atoms with Gasteiger partial charge in [0.15, 0.2) is 0 Å². The minimum absolute atomic E-state index is 0.0804. The largest absolute Gasteiger partial charge is 0.466 e. The van der Waals surface area contributed by atoms with E-state index < -0.39 is 0 Å². The van der Waals surface area contributed by atoms with Crippen molar-refractivity contribution in [3.05, 3.63) is 0 Å². The van der Waals surface area contributed by atoms with Gasteiger partial charge in [-0.15, -0.1) is 0 Å². The predicted octanol–water partition coefficient (Wildman–Crippen LogP) is 1.68. The predicted molar refractivity (Wildman–Crippen MR) is 69.0 cm³/mol. The molecule has 0 aromatic rings. The van der Waals surface area contributed by atoms with E-state index in [9.17, 15) is 9.59 Å². The molecule has 0 radical (unpaired) electrons. The van der Waals surface area contributed by atoms with Crippen LogP contribution in [0.3, 0.4) is 0 Å². The maximum atomic E-state index is 11.9. The highest BCUT2D eigenvalue weighted by molar-refractivity contribution is 8.00. The number of carbonyl (C=O) groups excluding carboxylic acids is 2. The molecule has 0 aromatic carbocycles. The van der Waals surface area contributed by atoms with Crippen molar-refractivity contribution >= 4 is 23.6 Å². The van der Waals surface area contributed by atoms with Gasteiger partial charge in [-0.25, -0.2) is 0 Å². The van der Waals surface area contributed by atoms with Crippen LogP contribution >= 0.6 is 11.8 Å². The zero-order chi connectivity index (χ0) is 12.7. The molecule has 4 nitrogen and oxygen atoms in total. The summed E-state index contributed by atoms with van der Waals surface area (Å²) in [6.07, 6.45) is 1.57. The minimum atomic E-state index is -0.278. The number of thioether (sulfide) groups is 1. The molecular formula is C12H21NO3S. The molecule has 1 atom stereocenters. The summed E-state index contributed by atoms with van der Waals surface area (Å²) < 4.78 is 4.81. The lowest BCUT2D eigenvalue weighted by atomic mass is 10.2. The van der Waals surface area contributed by atoms with Crippen molar-refractivity contribution in [1.82, 2.24) is 4.90 Å². The molecule has 17 heavy (non-hydrogen) atoms. The van der Waals surface area contributed by atoms with Crippen molar-refractivity contribution in [2.45, 2.75) is 38.4 Å². The minimum Gasteiger partial charge on any atom is -0.466 e. The van der Waals surface area contributed by atoms with Crippen LogP contribution in [0.5, 0.6) is 0 Å². The Morgan fingerprint density at radius 1 is 1.35 bits per heavy atom. The van der Waals surface area contributed by atoms with Crippen LogP contribution < -0.4 is 0 Å². The number of ether oxygens (including phenoxy) is 1. The van der Waals surface area contributed by atoms with E-state index in [1.165, 1.54) is 0 Å². The summed E-state index contributed by atoms with van der Waals surface area (Å²) in [4.78, 5) is 24.9. The maximum Gasteiger partial charge on any atom is 0.306 e. The van der Waals surface area contributed by atoms with Crippen LogP contribution in [0.25, 0.3) is 0 Å². The topological polar surface area (TPSA) is 46.6 Å². The lowest BCUT2D eigenvalue weighted by Gasteiger charge is -2.31. The molecule has 0 saturated carbocycles. The van der Waals surface area contributed by atoms with Gasteiger partial charge in [0.1, 0.15) is 0 Å². The van der Waals surface area contributed by atoms with E-state index >= 15 is 0 Å². The summed E-state index contributed by atoms with van der Waals surface area (Å²) >= 11 is 1.93. The van der Waals surface area contributed by atoms with E-state index in [-0.39, 0.29) is 24.7 Å². The van der Waals surface area contributed by atoms with Crippen LogP contribution in [0.1, 0.15) is 33.1 Å². The van der Waals surface area contributed by atoms with E-state index in [1.807, 2.05) is 16.7 Å². The summed E-state index contributed by atoms with van der Waals surface area (Å²) in [6.45, 7) is 5.93. The highest BCUT2D eigenvalue weighted by Gasteiger charge is 2.23. The Morgan fingerprint density at radius 2 is 2.12 bits per heavy atom. The Hall–Kier alpha value is -0.710. The quantitative estimate of drug-likeness (QED) is 0.705. The van der Waals surface area contributed by atoms with Crippen LogP contribution in [-0.4, -0.2) is 47.5 Å². The van der Waals surface area contributed by atoms with Gasteiger partial charge >= 0.3 is 5.97 Å². The fourth-order valence-electron chi connectivity index (χ4n) is 1.79. The fourth-order valence-corrected chi connectivity index (χ4v) is 2.97. The Morgan fingerprint density at radius 3 is 2.76 bits per heavy atom. The third-order valence-corrected chi connectivity index (χ3v) is 4.17. The monoisotopic (exact) mass is 259 g/mol. The third kappa shape index (κ3) is 4.98. The molecule has 1 aliphatic heterocycles. The zero-order valence-corrected chi connectivity index (χ0v) is 11.4. The molecule has 1 fully saturated rings. The van der Waals surface area contributed by atoms with Crippen molar-refractivity contribution in [2.24, 2.45) is 0 Å². The molecule has 0 aromatic heterocycles. The number of amides is 1. The van der Waals surface area contributed by atoms with Gasteiger partial charge in [-0.3, -0.25) is 9.59 Å². The Balaban J connectivity index is 2.29. The molecule has 5 heteroatoms. The lowest BCUT2D eigenvalue weighted by molar-refractivity contribution is -0.145. The highest BCUT2D eigenvalue weighted by Crippen LogP contribution is 2.21. The second-order valence-corrected chi connectivity index (χ2v) is 5.45. The van der Waals surface area contributed by atoms with Gasteiger partial charge in [-0.1, -0.05) is 6.92 Å². The molecule has 0 aliphatic carbocycles. The van der Waals surface area contributed by atoms with Gasteiger partial charge in [0.25, 0.3) is 0 Å². The van der Waals surface area contributed by atoms with Crippen LogP contribution in [0.15, 0.2) is 0 Å². The van der Waals surface area contributed by atoms with Gasteiger partial charge in [0, 0.05) is 30.5 Å². The molecule has 98 valence electrons. The highest BCUT2D eigenvalue weighted by atomic mass is 32.2. The van der Waals surface area contributed by atoms with Gasteiger partial charge in [0.2, 0.25) is 5.91 Å². The Labute approximate surface area is 107 Å². The molecular weight excluding hydrogens is 238 g/mol. The number of nitrogens with zero attached hydrogens (tertiary/aromatic N) is 1. The second-order valence-electron chi connectivity index (χ2n) is 4.05. The lowest BCUT2D eigenvalue weighted by Crippen LogP contribution is -2.41. The van der Waals surface area contributed by atoms with E-state index in [0.29, 0.717) is 11.9 Å². The van der Waals surface area contributed by atoms with Crippen molar-refractivity contribution in [1.29, 1.82) is 0 Å². The van der Waals surface area contributed by atoms with Crippen LogP contribution in [-0.2, 0) is 14.3 Å². The number of hydrogen-bond donors (Lipinski definition) is 0. The number of hydrogen-bond acceptors (Lipinski definition) is 4. The first-order chi connectivity index (χ1) is 8.17. The molecule has 1 rings (SSSR count). The summed E-state index contributed by atoms with van der Waals surface area (Å²) in [7, 11) is 0. The fraction of sp³-hybridized carbons (Fsp3) is 0.833. The average molecular weight is 259 g/mol. The standard InChI is InChI=1S/C12H21NO3S/c1-3-10-9-13(7-8-17-10)11(14)5-6-12(15)16-4-2/h10H,3-9H2,1-2H3. The number of carbonyl (C=O) groups is 2. The molecule has 1 aliphatic rings. The normalized spacial score (nSPS) is 20.1. The van der Waals surface area contributed by atoms with Crippen molar-refractivity contribution < 1.29 is 14.3 Å². The molecule has 1 heterocycles. The molecule has 0 bridgehead atoms. The van der Waals surface area contributed by atoms with Gasteiger partial charge < -0.3 is 9.64 Å². The second kappa shape index (κ2) is 7.58. The van der Waals surface area contributed by atoms with E-state index in [0.717, 1.165) is 25.3 Å². The van der Waals surface area contributed by atoms with Crippen molar-refractivity contribution in [3.8, 4) is 0 Å². The van der Waals surface area contributed by atoms with E-state index in [4.69, 9.17) is 4.74 Å². The summed E-state index contributed by atoms with van der Waals surface area (Å²) in [5, 5.41) is 0.551. The third-order valence-electron chi connectivity index (χ3n) is 2.80. The number of esters is 1. The molecule has 0 spiro atoms. The van der Waals surface area contributed by atoms with E-state index in [1.54, 1.807) is 6.92 Å². The first-order valence-corrected chi connectivity index (χ1v) is 7.27. The van der Waals surface area contributed by atoms with Crippen LogP contribution in [0, 0.1) is 0 Å². The maximum absolute atomic E-state index is 11.9. The molecule has 0 N–H and O–H groups in total. The molecule has 1 saturated heterocycles. The molecule has 1 unspecified atom stereocenters. The summed E-state index contributed by atoms with van der Waals surface area (Å²) in [5.41, 5.74) is 0. The Bertz CT molecular complexity index is 270. The van der Waals surface area contributed by atoms with E-state index in [2.05, 4.69) is 6.92 Å². The summed E-state index contributed by atoms with van der Waals surface area (Å²) in [6, 6.07) is 0. The SMILES string of the molecule is CCOC(=O)CCC(=O)N1CCSC(CC)C1. The van der Waals surface area contributed by atoms with Crippen molar-refractivity contribution in [2.75, 3.05) is 25.4 Å². The smallest absolute Gasteiger partial charge is 0.306 e. The zero-order valence-electron chi connectivity index (χ0n) is 10.6. The van der Waals surface area contributed by atoms with Crippen molar-refractivity contribution in [3.63, 3.8) is 0 Å². The van der Waals surface area contributed by atoms with Crippen LogP contribution in [0.2, 0.25) is 0 Å². The number of rotatable bonds is 5. The average Bonchev–Trinajstić information content (AvgIpc) is 2.36. The van der Waals surface area contributed by atoms with Crippen LogP contribution in [0.4, 0.5) is 0 Å².